The normalized spacial score (nSPS) is 13.5. The molecular formula is C74H46O2. The van der Waals surface area contributed by atoms with Gasteiger partial charge in [-0.05, 0) is 146 Å². The van der Waals surface area contributed by atoms with E-state index in [1.807, 2.05) is 133 Å². The van der Waals surface area contributed by atoms with Crippen LogP contribution >= 0.6 is 0 Å². The first-order valence-corrected chi connectivity index (χ1v) is 25.2. The number of rotatable bonds is 5. The second-order valence-corrected chi connectivity index (χ2v) is 19.0. The zero-order valence-corrected chi connectivity index (χ0v) is 40.6. The largest absolute Gasteiger partial charge is 0.456 e. The first-order chi connectivity index (χ1) is 41.9. The molecule has 0 atom stereocenters. The summed E-state index contributed by atoms with van der Waals surface area (Å²) >= 11 is 0. The molecule has 0 aliphatic heterocycles. The fourth-order valence-electron chi connectivity index (χ4n) is 11.7. The predicted octanol–water partition coefficient (Wildman–Crippen LogP) is 21.3. The number of hydrogen-bond acceptors (Lipinski definition) is 2. The summed E-state index contributed by atoms with van der Waals surface area (Å²) in [7, 11) is 0. The van der Waals surface area contributed by atoms with Crippen molar-refractivity contribution in [3.05, 3.63) is 279 Å². The number of para-hydroxylation sites is 2. The minimum atomic E-state index is -0.398. The molecule has 2 heteroatoms. The second kappa shape index (κ2) is 17.9. The molecule has 0 fully saturated rings. The lowest BCUT2D eigenvalue weighted by molar-refractivity contribution is 0.668. The van der Waals surface area contributed by atoms with Crippen molar-refractivity contribution in [1.29, 1.82) is 0 Å². The van der Waals surface area contributed by atoms with E-state index in [0.717, 1.165) is 131 Å². The van der Waals surface area contributed by atoms with Gasteiger partial charge in [-0.15, -0.1) is 0 Å². The Labute approximate surface area is 453 Å². The maximum atomic E-state index is 8.86. The molecule has 0 amide bonds. The van der Waals surface area contributed by atoms with Gasteiger partial charge in [0.25, 0.3) is 0 Å². The molecule has 2 nitrogen and oxygen atoms in total. The third kappa shape index (κ3) is 7.03. The van der Waals surface area contributed by atoms with E-state index in [9.17, 15) is 0 Å². The SMILES string of the molecule is [2H]c1c([2H])c([2H])c(-c2c3ccccc3c(-c3ccc(-c4ccc5oc6ccccc6c5c4)c4ccccc34)c3ccccc23)c([2H])c1[2H].[2H]c1c([2H])c([2H])c(-c2c3ccccc3c(-c3ccc4oc5ccccc5c4c3)c3ccccc23)c([2H])c1[2H]. The number of furan rings is 2. The van der Waals surface area contributed by atoms with Crippen LogP contribution in [-0.4, -0.2) is 0 Å². The van der Waals surface area contributed by atoms with Gasteiger partial charge < -0.3 is 8.83 Å². The zero-order chi connectivity index (χ0) is 58.8. The van der Waals surface area contributed by atoms with Gasteiger partial charge in [-0.25, -0.2) is 0 Å². The molecule has 354 valence electrons. The number of benzene rings is 14. The smallest absolute Gasteiger partial charge is 0.135 e. The van der Waals surface area contributed by atoms with Crippen molar-refractivity contribution in [3.8, 4) is 55.6 Å². The molecule has 0 aliphatic carbocycles. The molecule has 76 heavy (non-hydrogen) atoms. The van der Waals surface area contributed by atoms with Crippen molar-refractivity contribution in [1.82, 2.24) is 0 Å². The van der Waals surface area contributed by atoms with Gasteiger partial charge in [0.05, 0.1) is 13.7 Å². The van der Waals surface area contributed by atoms with Crippen molar-refractivity contribution in [3.63, 3.8) is 0 Å². The second-order valence-electron chi connectivity index (χ2n) is 19.0. The monoisotopic (exact) mass is 976 g/mol. The standard InChI is InChI=1S/C42H26O.C32H20O/c1-2-12-27(13-3-1)41-33-17-6-8-19-35(33)42(36-20-9-7-18-34(36)41)37-24-23-29(30-14-4-5-15-31(30)37)28-22-25-40-38(26-28)32-16-10-11-21-39(32)43-40;1-2-10-21(11-3-1)31-24-13-4-6-15-26(24)32(27-16-7-5-14-25(27)31)22-18-19-30-28(20-22)23-12-8-9-17-29(23)33-30/h1-26H;1-20H/i1D,2D,3D,12D,13D;1D,2D,3D,10D,11D. The van der Waals surface area contributed by atoms with Gasteiger partial charge in [0.2, 0.25) is 0 Å². The zero-order valence-electron chi connectivity index (χ0n) is 50.6. The van der Waals surface area contributed by atoms with E-state index in [4.69, 9.17) is 22.5 Å². The van der Waals surface area contributed by atoms with Gasteiger partial charge in [-0.1, -0.05) is 242 Å². The van der Waals surface area contributed by atoms with Crippen LogP contribution in [-0.2, 0) is 0 Å². The minimum absolute atomic E-state index is 0.203. The maximum Gasteiger partial charge on any atom is 0.135 e. The van der Waals surface area contributed by atoms with E-state index in [0.29, 0.717) is 11.1 Å². The minimum Gasteiger partial charge on any atom is -0.456 e. The summed E-state index contributed by atoms with van der Waals surface area (Å²) < 4.78 is 97.0. The predicted molar refractivity (Wildman–Crippen MR) is 322 cm³/mol. The van der Waals surface area contributed by atoms with Crippen molar-refractivity contribution in [2.45, 2.75) is 0 Å². The van der Waals surface area contributed by atoms with Crippen LogP contribution in [0, 0.1) is 0 Å². The molecule has 0 bridgehead atoms. The van der Waals surface area contributed by atoms with Gasteiger partial charge in [0.1, 0.15) is 22.3 Å². The lowest BCUT2D eigenvalue weighted by atomic mass is 9.84. The molecule has 0 saturated carbocycles. The quantitative estimate of drug-likeness (QED) is 0.161. The van der Waals surface area contributed by atoms with Crippen LogP contribution in [0.2, 0.25) is 0 Å². The Morgan fingerprint density at radius 1 is 0.211 bits per heavy atom. The highest BCUT2D eigenvalue weighted by Crippen LogP contribution is 2.48. The average Bonchev–Trinajstić information content (AvgIpc) is 1.01. The van der Waals surface area contributed by atoms with Gasteiger partial charge in [0, 0.05) is 21.5 Å². The molecule has 0 saturated heterocycles. The summed E-state index contributed by atoms with van der Waals surface area (Å²) in [6.45, 7) is 0. The van der Waals surface area contributed by atoms with E-state index in [2.05, 4.69) is 84.9 Å². The third-order valence-electron chi connectivity index (χ3n) is 14.9. The Kier molecular flexibility index (Phi) is 8.09. The molecule has 16 rings (SSSR count). The Morgan fingerprint density at radius 3 is 0.947 bits per heavy atom. The summed E-state index contributed by atoms with van der Waals surface area (Å²) in [4.78, 5) is 0. The Hall–Kier alpha value is -10.0. The van der Waals surface area contributed by atoms with Gasteiger partial charge in [-0.2, -0.15) is 0 Å². The summed E-state index contributed by atoms with van der Waals surface area (Å²) in [5, 5.41) is 13.6. The van der Waals surface area contributed by atoms with Crippen molar-refractivity contribution < 1.29 is 22.5 Å². The molecule has 0 unspecified atom stereocenters. The molecule has 0 spiro atoms. The summed E-state index contributed by atoms with van der Waals surface area (Å²) in [5.74, 6) is 0. The van der Waals surface area contributed by atoms with Crippen LogP contribution in [0.1, 0.15) is 13.7 Å². The van der Waals surface area contributed by atoms with Crippen LogP contribution < -0.4 is 0 Å². The van der Waals surface area contributed by atoms with Crippen molar-refractivity contribution >= 4 is 97.7 Å². The first kappa shape index (κ1) is 34.4. The highest BCUT2D eigenvalue weighted by atomic mass is 16.3. The highest BCUT2D eigenvalue weighted by molar-refractivity contribution is 6.25. The average molecular weight is 977 g/mol. The molecule has 0 radical (unpaired) electrons. The Bertz CT molecular complexity index is 5400. The summed E-state index contributed by atoms with van der Waals surface area (Å²) in [6, 6.07) is 70.3. The number of hydrogen-bond donors (Lipinski definition) is 0. The summed E-state index contributed by atoms with van der Waals surface area (Å²) in [6.07, 6.45) is 0. The Balaban J connectivity index is 0.000000149. The lowest BCUT2D eigenvalue weighted by Gasteiger charge is -2.19. The highest BCUT2D eigenvalue weighted by Gasteiger charge is 2.21. The van der Waals surface area contributed by atoms with Crippen LogP contribution in [0.15, 0.2) is 288 Å². The number of fused-ring (bicyclic) bond motifs is 11. The van der Waals surface area contributed by atoms with E-state index >= 15 is 0 Å². The topological polar surface area (TPSA) is 26.3 Å². The summed E-state index contributed by atoms with van der Waals surface area (Å²) in [5.41, 5.74) is 11.5. The molecule has 14 aromatic carbocycles. The van der Waals surface area contributed by atoms with Crippen LogP contribution in [0.4, 0.5) is 0 Å². The van der Waals surface area contributed by atoms with Gasteiger partial charge in [-0.3, -0.25) is 0 Å². The molecular weight excluding hydrogens is 921 g/mol. The molecule has 2 aromatic heterocycles. The first-order valence-electron chi connectivity index (χ1n) is 30.2. The molecule has 0 aliphatic rings. The van der Waals surface area contributed by atoms with E-state index < -0.39 is 12.1 Å². The maximum absolute atomic E-state index is 8.86. The van der Waals surface area contributed by atoms with Crippen LogP contribution in [0.25, 0.3) is 153 Å². The fraction of sp³-hybridized carbons (Fsp3) is 0. The van der Waals surface area contributed by atoms with Crippen molar-refractivity contribution in [2.75, 3.05) is 0 Å². The van der Waals surface area contributed by atoms with Crippen LogP contribution in [0.3, 0.4) is 0 Å². The van der Waals surface area contributed by atoms with Crippen LogP contribution in [0.5, 0.6) is 0 Å². The third-order valence-corrected chi connectivity index (χ3v) is 14.9. The van der Waals surface area contributed by atoms with Gasteiger partial charge >= 0.3 is 0 Å². The van der Waals surface area contributed by atoms with E-state index in [1.54, 1.807) is 0 Å². The molecule has 16 aromatic rings. The molecule has 2 heterocycles. The molecule has 0 N–H and O–H groups in total. The van der Waals surface area contributed by atoms with E-state index in [-0.39, 0.29) is 59.5 Å². The lowest BCUT2D eigenvalue weighted by Crippen LogP contribution is -1.92. The van der Waals surface area contributed by atoms with E-state index in [1.165, 1.54) is 0 Å². The van der Waals surface area contributed by atoms with Crippen molar-refractivity contribution in [2.24, 2.45) is 0 Å². The Morgan fingerprint density at radius 2 is 0.513 bits per heavy atom. The fourth-order valence-corrected chi connectivity index (χ4v) is 11.7. The van der Waals surface area contributed by atoms with Gasteiger partial charge in [0.15, 0.2) is 0 Å².